The number of anilines is 1. The first-order valence-corrected chi connectivity index (χ1v) is 12.9. The van der Waals surface area contributed by atoms with Crippen LogP contribution in [0.4, 0.5) is 5.69 Å². The van der Waals surface area contributed by atoms with E-state index in [1.54, 1.807) is 25.1 Å². The lowest BCUT2D eigenvalue weighted by molar-refractivity contribution is 0.0953. The van der Waals surface area contributed by atoms with E-state index < -0.39 is 10.0 Å². The van der Waals surface area contributed by atoms with E-state index in [0.717, 1.165) is 35.3 Å². The highest BCUT2D eigenvalue weighted by molar-refractivity contribution is 7.92. The third kappa shape index (κ3) is 6.17. The van der Waals surface area contributed by atoms with Gasteiger partial charge in [0, 0.05) is 12.1 Å². The largest absolute Gasteiger partial charge is 0.494 e. The number of nitrogens with one attached hydrogen (secondary N) is 2. The van der Waals surface area contributed by atoms with Crippen molar-refractivity contribution in [1.82, 2.24) is 5.32 Å². The predicted molar refractivity (Wildman–Crippen MR) is 136 cm³/mol. The van der Waals surface area contributed by atoms with Crippen molar-refractivity contribution in [3.8, 4) is 5.75 Å². The maximum atomic E-state index is 13.1. The van der Waals surface area contributed by atoms with Crippen molar-refractivity contribution < 1.29 is 17.9 Å². The standard InChI is InChI=1S/C27H32N2O4S/c1-5-33-25-14-7-6-11-22(25)12-9-17-28-27(30)23-16-15-20(3)26(18-23)34(31,32)29-24-13-8-10-19(2)21(24)4/h6-8,10-11,13-16,18,29H,5,9,12,17H2,1-4H3,(H,28,30). The van der Waals surface area contributed by atoms with Crippen LogP contribution in [-0.2, 0) is 16.4 Å². The SMILES string of the molecule is CCOc1ccccc1CCCNC(=O)c1ccc(C)c(S(=O)(=O)Nc2cccc(C)c2C)c1. The van der Waals surface area contributed by atoms with Crippen molar-refractivity contribution in [3.05, 3.63) is 88.5 Å². The van der Waals surface area contributed by atoms with Crippen LogP contribution >= 0.6 is 0 Å². The number of sulfonamides is 1. The van der Waals surface area contributed by atoms with Gasteiger partial charge in [-0.15, -0.1) is 0 Å². The van der Waals surface area contributed by atoms with Gasteiger partial charge in [-0.3, -0.25) is 9.52 Å². The number of ether oxygens (including phenoxy) is 1. The Labute approximate surface area is 202 Å². The van der Waals surface area contributed by atoms with E-state index >= 15 is 0 Å². The van der Waals surface area contributed by atoms with Gasteiger partial charge in [0.25, 0.3) is 15.9 Å². The highest BCUT2D eigenvalue weighted by Crippen LogP contribution is 2.24. The van der Waals surface area contributed by atoms with E-state index in [4.69, 9.17) is 4.74 Å². The minimum atomic E-state index is -3.85. The van der Waals surface area contributed by atoms with Crippen molar-refractivity contribution in [2.45, 2.75) is 45.4 Å². The Hall–Kier alpha value is -3.32. The van der Waals surface area contributed by atoms with Gasteiger partial charge in [0.05, 0.1) is 17.2 Å². The van der Waals surface area contributed by atoms with Crippen LogP contribution in [0, 0.1) is 20.8 Å². The number of carbonyl (C=O) groups excluding carboxylic acids is 1. The zero-order valence-electron chi connectivity index (χ0n) is 20.1. The maximum absolute atomic E-state index is 13.1. The lowest BCUT2D eigenvalue weighted by Gasteiger charge is -2.15. The predicted octanol–water partition coefficient (Wildman–Crippen LogP) is 5.17. The maximum Gasteiger partial charge on any atom is 0.262 e. The minimum absolute atomic E-state index is 0.0895. The molecule has 0 fully saturated rings. The Balaban J connectivity index is 1.67. The molecule has 0 aliphatic rings. The second kappa shape index (κ2) is 11.2. The fourth-order valence-electron chi connectivity index (χ4n) is 3.68. The van der Waals surface area contributed by atoms with Gasteiger partial charge >= 0.3 is 0 Å². The summed E-state index contributed by atoms with van der Waals surface area (Å²) < 4.78 is 34.5. The molecule has 0 atom stereocenters. The van der Waals surface area contributed by atoms with Crippen LogP contribution in [0.1, 0.15) is 46.0 Å². The van der Waals surface area contributed by atoms with Crippen LogP contribution in [0.25, 0.3) is 0 Å². The molecule has 6 nitrogen and oxygen atoms in total. The van der Waals surface area contributed by atoms with E-state index in [9.17, 15) is 13.2 Å². The second-order valence-electron chi connectivity index (χ2n) is 8.23. The number of hydrogen-bond donors (Lipinski definition) is 2. The third-order valence-electron chi connectivity index (χ3n) is 5.77. The summed E-state index contributed by atoms with van der Waals surface area (Å²) in [6.45, 7) is 8.54. The summed E-state index contributed by atoms with van der Waals surface area (Å²) >= 11 is 0. The van der Waals surface area contributed by atoms with Crippen LogP contribution in [0.2, 0.25) is 0 Å². The minimum Gasteiger partial charge on any atom is -0.494 e. The monoisotopic (exact) mass is 480 g/mol. The molecule has 0 radical (unpaired) electrons. The number of benzene rings is 3. The van der Waals surface area contributed by atoms with E-state index in [0.29, 0.717) is 30.0 Å². The zero-order chi connectivity index (χ0) is 24.7. The lowest BCUT2D eigenvalue weighted by atomic mass is 10.1. The highest BCUT2D eigenvalue weighted by Gasteiger charge is 2.20. The molecule has 180 valence electrons. The van der Waals surface area contributed by atoms with Crippen LogP contribution in [0.3, 0.4) is 0 Å². The fourth-order valence-corrected chi connectivity index (χ4v) is 5.08. The molecular formula is C27H32N2O4S. The molecule has 0 aliphatic heterocycles. The fraction of sp³-hybridized carbons (Fsp3) is 0.296. The van der Waals surface area contributed by atoms with Gasteiger partial charge < -0.3 is 10.1 Å². The molecule has 0 aliphatic carbocycles. The smallest absolute Gasteiger partial charge is 0.262 e. The number of amides is 1. The van der Waals surface area contributed by atoms with E-state index in [1.807, 2.05) is 57.2 Å². The molecule has 0 bridgehead atoms. The quantitative estimate of drug-likeness (QED) is 0.392. The van der Waals surface area contributed by atoms with Crippen molar-refractivity contribution >= 4 is 21.6 Å². The normalized spacial score (nSPS) is 11.2. The first-order valence-electron chi connectivity index (χ1n) is 11.4. The Morgan fingerprint density at radius 1 is 0.941 bits per heavy atom. The van der Waals surface area contributed by atoms with Gasteiger partial charge in [0.15, 0.2) is 0 Å². The average molecular weight is 481 g/mol. The molecule has 3 aromatic carbocycles. The average Bonchev–Trinajstić information content (AvgIpc) is 2.81. The summed E-state index contributed by atoms with van der Waals surface area (Å²) in [6, 6.07) is 18.1. The topological polar surface area (TPSA) is 84.5 Å². The molecule has 2 N–H and O–H groups in total. The molecule has 3 rings (SSSR count). The van der Waals surface area contributed by atoms with Crippen LogP contribution in [0.5, 0.6) is 5.75 Å². The van der Waals surface area contributed by atoms with Crippen molar-refractivity contribution in [2.24, 2.45) is 0 Å². The highest BCUT2D eigenvalue weighted by atomic mass is 32.2. The Kier molecular flexibility index (Phi) is 8.34. The number of rotatable bonds is 10. The Morgan fingerprint density at radius 3 is 2.47 bits per heavy atom. The molecule has 1 amide bonds. The van der Waals surface area contributed by atoms with Gasteiger partial charge in [-0.05, 0) is 87.1 Å². The summed E-state index contributed by atoms with van der Waals surface area (Å²) in [5, 5.41) is 2.89. The second-order valence-corrected chi connectivity index (χ2v) is 9.88. The van der Waals surface area contributed by atoms with Crippen LogP contribution < -0.4 is 14.8 Å². The molecule has 7 heteroatoms. The summed E-state index contributed by atoms with van der Waals surface area (Å²) in [7, 11) is -3.85. The number of carbonyl (C=O) groups is 1. The van der Waals surface area contributed by atoms with Gasteiger partial charge in [-0.1, -0.05) is 36.4 Å². The number of para-hydroxylation sites is 1. The molecule has 0 spiro atoms. The summed E-state index contributed by atoms with van der Waals surface area (Å²) in [5.41, 5.74) is 4.36. The molecule has 3 aromatic rings. The first kappa shape index (κ1) is 25.3. The van der Waals surface area contributed by atoms with E-state index in [1.165, 1.54) is 6.07 Å². The molecule has 0 heterocycles. The van der Waals surface area contributed by atoms with E-state index in [-0.39, 0.29) is 10.8 Å². The number of aryl methyl sites for hydroxylation is 3. The number of hydrogen-bond acceptors (Lipinski definition) is 4. The Morgan fingerprint density at radius 2 is 1.71 bits per heavy atom. The summed E-state index contributed by atoms with van der Waals surface area (Å²) in [5.74, 6) is 0.558. The molecule has 34 heavy (non-hydrogen) atoms. The van der Waals surface area contributed by atoms with Gasteiger partial charge in [-0.25, -0.2) is 8.42 Å². The van der Waals surface area contributed by atoms with Crippen LogP contribution in [0.15, 0.2) is 65.6 Å². The molecule has 0 saturated heterocycles. The van der Waals surface area contributed by atoms with Crippen molar-refractivity contribution in [1.29, 1.82) is 0 Å². The first-order chi connectivity index (χ1) is 16.2. The Bertz CT molecular complexity index is 1270. The van der Waals surface area contributed by atoms with Crippen molar-refractivity contribution in [3.63, 3.8) is 0 Å². The van der Waals surface area contributed by atoms with Crippen molar-refractivity contribution in [2.75, 3.05) is 17.9 Å². The van der Waals surface area contributed by atoms with Gasteiger partial charge in [0.1, 0.15) is 5.75 Å². The molecule has 0 aromatic heterocycles. The molecule has 0 unspecified atom stereocenters. The lowest BCUT2D eigenvalue weighted by Crippen LogP contribution is -2.25. The molecule has 0 saturated carbocycles. The summed E-state index contributed by atoms with van der Waals surface area (Å²) in [4.78, 5) is 12.8. The van der Waals surface area contributed by atoms with Crippen LogP contribution in [-0.4, -0.2) is 27.5 Å². The summed E-state index contributed by atoms with van der Waals surface area (Å²) in [6.07, 6.45) is 1.50. The third-order valence-corrected chi connectivity index (χ3v) is 7.28. The van der Waals surface area contributed by atoms with E-state index in [2.05, 4.69) is 10.0 Å². The van der Waals surface area contributed by atoms with Gasteiger partial charge in [0.2, 0.25) is 0 Å². The molecular weight excluding hydrogens is 448 g/mol. The van der Waals surface area contributed by atoms with Gasteiger partial charge in [-0.2, -0.15) is 0 Å². The zero-order valence-corrected chi connectivity index (χ0v) is 21.0.